The van der Waals surface area contributed by atoms with Gasteiger partial charge in [-0.1, -0.05) is 0 Å². The Morgan fingerprint density at radius 1 is 1.62 bits per heavy atom. The second-order valence-corrected chi connectivity index (χ2v) is 3.66. The molecule has 0 spiro atoms. The molecule has 0 saturated carbocycles. The molecule has 0 aromatic carbocycles. The minimum absolute atomic E-state index is 0.111. The fraction of sp³-hybridized carbons (Fsp3) is 0.455. The number of carbonyl (C=O) groups excluding carboxylic acids is 1. The van der Waals surface area contributed by atoms with Gasteiger partial charge in [0.15, 0.2) is 0 Å². The summed E-state index contributed by atoms with van der Waals surface area (Å²) in [6.07, 6.45) is 2.43. The van der Waals surface area contributed by atoms with Crippen LogP contribution < -0.4 is 10.9 Å². The third-order valence-corrected chi connectivity index (χ3v) is 2.15. The van der Waals surface area contributed by atoms with Crippen molar-refractivity contribution >= 4 is 5.91 Å². The van der Waals surface area contributed by atoms with Gasteiger partial charge in [0.1, 0.15) is 5.56 Å². The Kier molecular flexibility index (Phi) is 4.72. The molecule has 0 aliphatic rings. The lowest BCUT2D eigenvalue weighted by Crippen LogP contribution is -2.30. The van der Waals surface area contributed by atoms with Crippen molar-refractivity contribution in [2.75, 3.05) is 6.54 Å². The summed E-state index contributed by atoms with van der Waals surface area (Å²) >= 11 is 0. The third kappa shape index (κ3) is 3.86. The standard InChI is InChI=1S/C11H16N2O3/c1-8(14)4-2-6-12-10(15)9-5-3-7-13-11(9)16/h3,5,7-8,14H,2,4,6H2,1H3,(H,12,15)(H,13,16). The van der Waals surface area contributed by atoms with Crippen LogP contribution in [0.5, 0.6) is 0 Å². The fourth-order valence-electron chi connectivity index (χ4n) is 1.29. The topological polar surface area (TPSA) is 82.2 Å². The molecule has 1 aromatic rings. The molecule has 1 aromatic heterocycles. The molecular weight excluding hydrogens is 208 g/mol. The first-order valence-corrected chi connectivity index (χ1v) is 5.25. The molecule has 5 heteroatoms. The predicted octanol–water partition coefficient (Wildman–Crippen LogP) is 0.266. The van der Waals surface area contributed by atoms with Crippen molar-refractivity contribution in [2.45, 2.75) is 25.9 Å². The van der Waals surface area contributed by atoms with Crippen molar-refractivity contribution < 1.29 is 9.90 Å². The van der Waals surface area contributed by atoms with Gasteiger partial charge in [0.2, 0.25) is 0 Å². The molecule has 0 saturated heterocycles. The summed E-state index contributed by atoms with van der Waals surface area (Å²) in [5, 5.41) is 11.6. The largest absolute Gasteiger partial charge is 0.393 e. The molecule has 5 nitrogen and oxygen atoms in total. The maximum absolute atomic E-state index is 11.5. The fourth-order valence-corrected chi connectivity index (χ4v) is 1.29. The van der Waals surface area contributed by atoms with Gasteiger partial charge in [-0.25, -0.2) is 0 Å². The highest BCUT2D eigenvalue weighted by atomic mass is 16.3. The van der Waals surface area contributed by atoms with E-state index in [2.05, 4.69) is 10.3 Å². The van der Waals surface area contributed by atoms with Crippen molar-refractivity contribution in [2.24, 2.45) is 0 Å². The van der Waals surface area contributed by atoms with Gasteiger partial charge < -0.3 is 15.4 Å². The highest BCUT2D eigenvalue weighted by Crippen LogP contribution is 1.94. The number of aliphatic hydroxyl groups is 1. The zero-order valence-electron chi connectivity index (χ0n) is 9.19. The third-order valence-electron chi connectivity index (χ3n) is 2.15. The van der Waals surface area contributed by atoms with E-state index in [1.807, 2.05) is 0 Å². The Hall–Kier alpha value is -1.62. The summed E-state index contributed by atoms with van der Waals surface area (Å²) in [5.74, 6) is -0.382. The molecule has 0 fully saturated rings. The van der Waals surface area contributed by atoms with E-state index in [0.717, 1.165) is 0 Å². The Morgan fingerprint density at radius 3 is 3.00 bits per heavy atom. The van der Waals surface area contributed by atoms with Crippen LogP contribution in [0.4, 0.5) is 0 Å². The molecule has 16 heavy (non-hydrogen) atoms. The van der Waals surface area contributed by atoms with E-state index in [1.54, 1.807) is 13.0 Å². The Morgan fingerprint density at radius 2 is 2.38 bits per heavy atom. The summed E-state index contributed by atoms with van der Waals surface area (Å²) < 4.78 is 0. The molecule has 3 N–H and O–H groups in total. The summed E-state index contributed by atoms with van der Waals surface area (Å²) in [7, 11) is 0. The number of aromatic nitrogens is 1. The van der Waals surface area contributed by atoms with E-state index >= 15 is 0 Å². The smallest absolute Gasteiger partial charge is 0.260 e. The van der Waals surface area contributed by atoms with Gasteiger partial charge in [-0.05, 0) is 31.9 Å². The number of aromatic amines is 1. The molecule has 0 radical (unpaired) electrons. The van der Waals surface area contributed by atoms with Crippen LogP contribution in [0.25, 0.3) is 0 Å². The average molecular weight is 224 g/mol. The van der Waals surface area contributed by atoms with E-state index < -0.39 is 5.56 Å². The maximum atomic E-state index is 11.5. The average Bonchev–Trinajstić information content (AvgIpc) is 2.24. The number of hydrogen-bond acceptors (Lipinski definition) is 3. The number of aliphatic hydroxyl groups excluding tert-OH is 1. The normalized spacial score (nSPS) is 12.1. The first-order valence-electron chi connectivity index (χ1n) is 5.25. The van der Waals surface area contributed by atoms with Crippen LogP contribution in [0.2, 0.25) is 0 Å². The maximum Gasteiger partial charge on any atom is 0.260 e. The number of nitrogens with one attached hydrogen (secondary N) is 2. The second kappa shape index (κ2) is 6.07. The monoisotopic (exact) mass is 224 g/mol. The van der Waals surface area contributed by atoms with Crippen LogP contribution in [-0.2, 0) is 0 Å². The summed E-state index contributed by atoms with van der Waals surface area (Å²) in [6, 6.07) is 3.08. The zero-order chi connectivity index (χ0) is 12.0. The van der Waals surface area contributed by atoms with Crippen LogP contribution >= 0.6 is 0 Å². The SMILES string of the molecule is CC(O)CCCNC(=O)c1ccc[nH]c1=O. The lowest BCUT2D eigenvalue weighted by Gasteiger charge is -2.05. The number of carbonyl (C=O) groups is 1. The molecule has 0 aliphatic carbocycles. The highest BCUT2D eigenvalue weighted by Gasteiger charge is 2.08. The van der Waals surface area contributed by atoms with Crippen molar-refractivity contribution in [1.29, 1.82) is 0 Å². The minimum atomic E-state index is -0.393. The van der Waals surface area contributed by atoms with Crippen LogP contribution in [0.1, 0.15) is 30.1 Å². The predicted molar refractivity (Wildman–Crippen MR) is 60.3 cm³/mol. The van der Waals surface area contributed by atoms with Crippen LogP contribution in [-0.4, -0.2) is 28.6 Å². The van der Waals surface area contributed by atoms with E-state index in [1.165, 1.54) is 12.3 Å². The Labute approximate surface area is 93.5 Å². The molecular formula is C11H16N2O3. The lowest BCUT2D eigenvalue weighted by molar-refractivity contribution is 0.0948. The van der Waals surface area contributed by atoms with Gasteiger partial charge in [0.05, 0.1) is 6.10 Å². The minimum Gasteiger partial charge on any atom is -0.393 e. The second-order valence-electron chi connectivity index (χ2n) is 3.66. The van der Waals surface area contributed by atoms with Crippen molar-refractivity contribution in [1.82, 2.24) is 10.3 Å². The molecule has 1 heterocycles. The van der Waals surface area contributed by atoms with Gasteiger partial charge in [0, 0.05) is 12.7 Å². The van der Waals surface area contributed by atoms with Crippen molar-refractivity contribution in [3.63, 3.8) is 0 Å². The first kappa shape index (κ1) is 12.4. The number of rotatable bonds is 5. The van der Waals surface area contributed by atoms with E-state index in [4.69, 9.17) is 5.11 Å². The summed E-state index contributed by atoms with van der Waals surface area (Å²) in [5.41, 5.74) is -0.282. The number of H-pyrrole nitrogens is 1. The molecule has 1 amide bonds. The first-order chi connectivity index (χ1) is 7.61. The quantitative estimate of drug-likeness (QED) is 0.628. The van der Waals surface area contributed by atoms with Crippen molar-refractivity contribution in [3.8, 4) is 0 Å². The molecule has 0 aliphatic heterocycles. The molecule has 1 rings (SSSR count). The number of amides is 1. The molecule has 88 valence electrons. The van der Waals surface area contributed by atoms with Gasteiger partial charge in [-0.2, -0.15) is 0 Å². The van der Waals surface area contributed by atoms with Gasteiger partial charge in [-0.15, -0.1) is 0 Å². The van der Waals surface area contributed by atoms with Gasteiger partial charge >= 0.3 is 0 Å². The van der Waals surface area contributed by atoms with E-state index in [-0.39, 0.29) is 17.6 Å². The number of hydrogen-bond donors (Lipinski definition) is 3. The molecule has 0 bridgehead atoms. The van der Waals surface area contributed by atoms with Crippen molar-refractivity contribution in [3.05, 3.63) is 34.2 Å². The van der Waals surface area contributed by atoms with Gasteiger partial charge in [-0.3, -0.25) is 9.59 Å². The van der Waals surface area contributed by atoms with E-state index in [9.17, 15) is 9.59 Å². The van der Waals surface area contributed by atoms with Crippen LogP contribution in [0, 0.1) is 0 Å². The Balaban J connectivity index is 2.42. The summed E-state index contributed by atoms with van der Waals surface area (Å²) in [4.78, 5) is 25.2. The van der Waals surface area contributed by atoms with Crippen LogP contribution in [0.15, 0.2) is 23.1 Å². The van der Waals surface area contributed by atoms with Gasteiger partial charge in [0.25, 0.3) is 11.5 Å². The van der Waals surface area contributed by atoms with E-state index in [0.29, 0.717) is 19.4 Å². The highest BCUT2D eigenvalue weighted by molar-refractivity contribution is 5.93. The molecule has 1 unspecified atom stereocenters. The summed E-state index contributed by atoms with van der Waals surface area (Å²) in [6.45, 7) is 2.15. The zero-order valence-corrected chi connectivity index (χ0v) is 9.19. The Bertz CT molecular complexity index is 398. The lowest BCUT2D eigenvalue weighted by atomic mass is 10.2. The van der Waals surface area contributed by atoms with Crippen LogP contribution in [0.3, 0.4) is 0 Å². The number of pyridine rings is 1. The molecule has 1 atom stereocenters.